The predicted molar refractivity (Wildman–Crippen MR) is 87.5 cm³/mol. The fourth-order valence-electron chi connectivity index (χ4n) is 2.17. The normalized spacial score (nSPS) is 11.0. The lowest BCUT2D eigenvalue weighted by molar-refractivity contribution is -0.114. The van der Waals surface area contributed by atoms with Gasteiger partial charge in [0.1, 0.15) is 0 Å². The molecule has 116 valence electrons. The van der Waals surface area contributed by atoms with Crippen molar-refractivity contribution in [3.8, 4) is 0 Å². The smallest absolute Gasteiger partial charge is 0.261 e. The number of rotatable bonds is 4. The average Bonchev–Trinajstić information content (AvgIpc) is 2.36. The Morgan fingerprint density at radius 1 is 0.909 bits per heavy atom. The quantitative estimate of drug-likeness (QED) is 0.909. The summed E-state index contributed by atoms with van der Waals surface area (Å²) in [7, 11) is -3.65. The van der Waals surface area contributed by atoms with Crippen LogP contribution in [-0.2, 0) is 14.8 Å². The molecule has 2 rings (SSSR count). The van der Waals surface area contributed by atoms with Gasteiger partial charge in [-0.2, -0.15) is 0 Å². The fraction of sp³-hybridized carbons (Fsp3) is 0.188. The van der Waals surface area contributed by atoms with Crippen LogP contribution in [0.15, 0.2) is 47.4 Å². The standard InChI is InChI=1S/C16H18N2O3S/c1-11-8-12(2)10-15(9-11)18-22(20,21)16-6-4-14(5-7-16)17-13(3)19/h4-10,18H,1-3H3,(H,17,19). The van der Waals surface area contributed by atoms with Crippen molar-refractivity contribution in [1.82, 2.24) is 0 Å². The third-order valence-electron chi connectivity index (χ3n) is 2.96. The van der Waals surface area contributed by atoms with E-state index in [1.165, 1.54) is 19.1 Å². The third-order valence-corrected chi connectivity index (χ3v) is 4.36. The van der Waals surface area contributed by atoms with Crippen LogP contribution in [0.4, 0.5) is 11.4 Å². The summed E-state index contributed by atoms with van der Waals surface area (Å²) in [6.07, 6.45) is 0. The molecule has 0 saturated carbocycles. The molecule has 2 N–H and O–H groups in total. The highest BCUT2D eigenvalue weighted by atomic mass is 32.2. The molecule has 0 radical (unpaired) electrons. The Balaban J connectivity index is 2.24. The molecule has 1 amide bonds. The predicted octanol–water partition coefficient (Wildman–Crippen LogP) is 3.06. The first kappa shape index (κ1) is 16.0. The van der Waals surface area contributed by atoms with Gasteiger partial charge in [0.25, 0.3) is 10.0 Å². The fourth-order valence-corrected chi connectivity index (χ4v) is 3.21. The van der Waals surface area contributed by atoms with E-state index >= 15 is 0 Å². The van der Waals surface area contributed by atoms with Gasteiger partial charge < -0.3 is 5.32 Å². The number of carbonyl (C=O) groups excluding carboxylic acids is 1. The van der Waals surface area contributed by atoms with Crippen molar-refractivity contribution in [3.63, 3.8) is 0 Å². The molecule has 0 aromatic heterocycles. The largest absolute Gasteiger partial charge is 0.326 e. The van der Waals surface area contributed by atoms with Gasteiger partial charge in [-0.1, -0.05) is 6.07 Å². The van der Waals surface area contributed by atoms with Crippen molar-refractivity contribution in [2.24, 2.45) is 0 Å². The molecule has 2 aromatic carbocycles. The van der Waals surface area contributed by atoms with Gasteiger partial charge in [0.15, 0.2) is 0 Å². The SMILES string of the molecule is CC(=O)Nc1ccc(S(=O)(=O)Nc2cc(C)cc(C)c2)cc1. The second kappa shape index (κ2) is 6.19. The molecule has 22 heavy (non-hydrogen) atoms. The van der Waals surface area contributed by atoms with Crippen molar-refractivity contribution in [2.45, 2.75) is 25.7 Å². The number of carbonyl (C=O) groups is 1. The van der Waals surface area contributed by atoms with Crippen LogP contribution < -0.4 is 10.0 Å². The van der Waals surface area contributed by atoms with Gasteiger partial charge in [-0.25, -0.2) is 8.42 Å². The Morgan fingerprint density at radius 3 is 1.95 bits per heavy atom. The van der Waals surface area contributed by atoms with Crippen LogP contribution >= 0.6 is 0 Å². The summed E-state index contributed by atoms with van der Waals surface area (Å²) in [6.45, 7) is 5.21. The number of amides is 1. The molecule has 0 saturated heterocycles. The molecule has 0 atom stereocenters. The van der Waals surface area contributed by atoms with Crippen molar-refractivity contribution in [2.75, 3.05) is 10.0 Å². The Bertz CT molecular complexity index is 776. The van der Waals surface area contributed by atoms with Gasteiger partial charge in [-0.15, -0.1) is 0 Å². The monoisotopic (exact) mass is 318 g/mol. The van der Waals surface area contributed by atoms with E-state index in [4.69, 9.17) is 0 Å². The van der Waals surface area contributed by atoms with E-state index in [0.717, 1.165) is 11.1 Å². The minimum absolute atomic E-state index is 0.140. The van der Waals surface area contributed by atoms with E-state index in [9.17, 15) is 13.2 Å². The van der Waals surface area contributed by atoms with E-state index in [2.05, 4.69) is 10.0 Å². The molecule has 0 fully saturated rings. The van der Waals surface area contributed by atoms with Gasteiger partial charge in [-0.05, 0) is 61.4 Å². The molecule has 0 aliphatic rings. The van der Waals surface area contributed by atoms with E-state index in [1.54, 1.807) is 24.3 Å². The van der Waals surface area contributed by atoms with Gasteiger partial charge in [0.2, 0.25) is 5.91 Å². The van der Waals surface area contributed by atoms with Gasteiger partial charge in [0, 0.05) is 18.3 Å². The molecule has 0 bridgehead atoms. The summed E-state index contributed by atoms with van der Waals surface area (Å²) in [5, 5.41) is 2.59. The van der Waals surface area contributed by atoms with Crippen LogP contribution in [0, 0.1) is 13.8 Å². The summed E-state index contributed by atoms with van der Waals surface area (Å²) in [5.74, 6) is -0.205. The average molecular weight is 318 g/mol. The van der Waals surface area contributed by atoms with Crippen LogP contribution in [0.1, 0.15) is 18.1 Å². The summed E-state index contributed by atoms with van der Waals surface area (Å²) < 4.78 is 27.3. The summed E-state index contributed by atoms with van der Waals surface area (Å²) in [5.41, 5.74) is 3.05. The number of sulfonamides is 1. The lowest BCUT2D eigenvalue weighted by atomic mass is 10.1. The van der Waals surface area contributed by atoms with Gasteiger partial charge in [0.05, 0.1) is 4.90 Å². The highest BCUT2D eigenvalue weighted by Crippen LogP contribution is 2.20. The first-order valence-corrected chi connectivity index (χ1v) is 8.23. The number of hydrogen-bond acceptors (Lipinski definition) is 3. The Hall–Kier alpha value is -2.34. The molecule has 0 unspecified atom stereocenters. The summed E-state index contributed by atoms with van der Waals surface area (Å²) >= 11 is 0. The maximum Gasteiger partial charge on any atom is 0.261 e. The molecular formula is C16H18N2O3S. The zero-order valence-electron chi connectivity index (χ0n) is 12.7. The molecule has 0 aliphatic carbocycles. The second-order valence-corrected chi connectivity index (χ2v) is 6.87. The number of anilines is 2. The van der Waals surface area contributed by atoms with Crippen molar-refractivity contribution < 1.29 is 13.2 Å². The molecule has 0 heterocycles. The summed E-state index contributed by atoms with van der Waals surface area (Å²) in [6, 6.07) is 11.5. The zero-order chi connectivity index (χ0) is 16.3. The first-order chi connectivity index (χ1) is 10.3. The molecule has 2 aromatic rings. The Labute approximate surface area is 130 Å². The minimum Gasteiger partial charge on any atom is -0.326 e. The minimum atomic E-state index is -3.65. The lowest BCUT2D eigenvalue weighted by Gasteiger charge is -2.10. The number of nitrogens with one attached hydrogen (secondary N) is 2. The van der Waals surface area contributed by atoms with Crippen molar-refractivity contribution >= 4 is 27.3 Å². The third kappa shape index (κ3) is 4.08. The highest BCUT2D eigenvalue weighted by molar-refractivity contribution is 7.92. The highest BCUT2D eigenvalue weighted by Gasteiger charge is 2.14. The van der Waals surface area contributed by atoms with Gasteiger partial charge in [-0.3, -0.25) is 9.52 Å². The van der Waals surface area contributed by atoms with Crippen LogP contribution in [0.3, 0.4) is 0 Å². The van der Waals surface area contributed by atoms with E-state index in [-0.39, 0.29) is 10.8 Å². The topological polar surface area (TPSA) is 75.3 Å². The Morgan fingerprint density at radius 2 is 1.45 bits per heavy atom. The van der Waals surface area contributed by atoms with E-state index in [0.29, 0.717) is 11.4 Å². The van der Waals surface area contributed by atoms with Crippen LogP contribution in [-0.4, -0.2) is 14.3 Å². The van der Waals surface area contributed by atoms with Crippen LogP contribution in [0.2, 0.25) is 0 Å². The second-order valence-electron chi connectivity index (χ2n) is 5.19. The van der Waals surface area contributed by atoms with E-state index in [1.807, 2.05) is 19.9 Å². The molecule has 0 spiro atoms. The van der Waals surface area contributed by atoms with E-state index < -0.39 is 10.0 Å². The van der Waals surface area contributed by atoms with Crippen LogP contribution in [0.25, 0.3) is 0 Å². The maximum atomic E-state index is 12.4. The van der Waals surface area contributed by atoms with Crippen LogP contribution in [0.5, 0.6) is 0 Å². The number of benzene rings is 2. The molecule has 5 nitrogen and oxygen atoms in total. The number of aryl methyl sites for hydroxylation is 2. The molecule has 6 heteroatoms. The first-order valence-electron chi connectivity index (χ1n) is 6.75. The van der Waals surface area contributed by atoms with Gasteiger partial charge >= 0.3 is 0 Å². The lowest BCUT2D eigenvalue weighted by Crippen LogP contribution is -2.13. The number of hydrogen-bond donors (Lipinski definition) is 2. The molecule has 0 aliphatic heterocycles. The summed E-state index contributed by atoms with van der Waals surface area (Å²) in [4.78, 5) is 11.1. The zero-order valence-corrected chi connectivity index (χ0v) is 13.5. The Kier molecular flexibility index (Phi) is 4.51. The molecular weight excluding hydrogens is 300 g/mol. The maximum absolute atomic E-state index is 12.4. The van der Waals surface area contributed by atoms with Crippen molar-refractivity contribution in [1.29, 1.82) is 0 Å². The van der Waals surface area contributed by atoms with Crippen molar-refractivity contribution in [3.05, 3.63) is 53.6 Å².